The Balaban J connectivity index is 1.88. The molecule has 0 unspecified atom stereocenters. The largest absolute Gasteiger partial charge is 0.299 e. The zero-order valence-electron chi connectivity index (χ0n) is 16.0. The molecule has 2 aromatic carbocycles. The van der Waals surface area contributed by atoms with E-state index in [1.54, 1.807) is 6.92 Å². The zero-order valence-corrected chi connectivity index (χ0v) is 18.4. The van der Waals surface area contributed by atoms with Crippen LogP contribution in [0.5, 0.6) is 0 Å². The maximum atomic E-state index is 13.5. The first-order valence-electron chi connectivity index (χ1n) is 8.85. The molecule has 30 heavy (non-hydrogen) atoms. The van der Waals surface area contributed by atoms with Crippen LogP contribution in [0.4, 0.5) is 15.2 Å². The molecule has 1 aromatic heterocycles. The van der Waals surface area contributed by atoms with Gasteiger partial charge in [0, 0.05) is 5.56 Å². The minimum absolute atomic E-state index is 0.0909. The van der Waals surface area contributed by atoms with Crippen molar-refractivity contribution in [3.63, 3.8) is 0 Å². The summed E-state index contributed by atoms with van der Waals surface area (Å²) in [4.78, 5) is 12.9. The van der Waals surface area contributed by atoms with Crippen LogP contribution in [0, 0.1) is 5.82 Å². The fourth-order valence-electron chi connectivity index (χ4n) is 2.84. The first-order chi connectivity index (χ1) is 14.2. The number of halogens is 2. The minimum Gasteiger partial charge on any atom is -0.299 e. The fraction of sp³-hybridized carbons (Fsp3) is 0.211. The van der Waals surface area contributed by atoms with Gasteiger partial charge in [-0.05, 0) is 24.6 Å². The highest BCUT2D eigenvalue weighted by atomic mass is 35.5. The molecular formula is C19H18ClFN4O3S2. The highest BCUT2D eigenvalue weighted by molar-refractivity contribution is 7.92. The lowest BCUT2D eigenvalue weighted by molar-refractivity contribution is -0.117. The van der Waals surface area contributed by atoms with Crippen molar-refractivity contribution in [3.8, 4) is 10.6 Å². The number of carbonyl (C=O) groups excluding carboxylic acids is 1. The SMILES string of the molecule is CC[C@@H](C(=O)Nc1nnc(-c2ccccc2)s1)N(c1ccc(F)c(Cl)c1)S(C)(=O)=O. The third-order valence-electron chi connectivity index (χ3n) is 4.16. The Bertz CT molecular complexity index is 1160. The summed E-state index contributed by atoms with van der Waals surface area (Å²) in [7, 11) is -3.88. The van der Waals surface area contributed by atoms with Crippen molar-refractivity contribution in [1.29, 1.82) is 0 Å². The van der Waals surface area contributed by atoms with Gasteiger partial charge < -0.3 is 0 Å². The molecule has 0 saturated heterocycles. The first kappa shape index (κ1) is 22.1. The fourth-order valence-corrected chi connectivity index (χ4v) is 4.97. The summed E-state index contributed by atoms with van der Waals surface area (Å²) in [6, 6.07) is 11.7. The Labute approximate surface area is 182 Å². The second-order valence-electron chi connectivity index (χ2n) is 6.35. The van der Waals surface area contributed by atoms with E-state index in [9.17, 15) is 17.6 Å². The smallest absolute Gasteiger partial charge is 0.250 e. The summed E-state index contributed by atoms with van der Waals surface area (Å²) in [5.41, 5.74) is 0.939. The number of aromatic nitrogens is 2. The van der Waals surface area contributed by atoms with E-state index in [1.807, 2.05) is 30.3 Å². The van der Waals surface area contributed by atoms with E-state index in [0.717, 1.165) is 22.2 Å². The molecule has 0 aliphatic heterocycles. The monoisotopic (exact) mass is 468 g/mol. The summed E-state index contributed by atoms with van der Waals surface area (Å²) in [6.07, 6.45) is 1.14. The Hall–Kier alpha value is -2.56. The third kappa shape index (κ3) is 4.94. The molecule has 1 amide bonds. The molecule has 3 aromatic rings. The number of sulfonamides is 1. The van der Waals surface area contributed by atoms with Crippen molar-refractivity contribution < 1.29 is 17.6 Å². The average Bonchev–Trinajstić information content (AvgIpc) is 3.16. The topological polar surface area (TPSA) is 92.3 Å². The van der Waals surface area contributed by atoms with Gasteiger partial charge in [-0.3, -0.25) is 14.4 Å². The van der Waals surface area contributed by atoms with Crippen molar-refractivity contribution in [1.82, 2.24) is 10.2 Å². The summed E-state index contributed by atoms with van der Waals surface area (Å²) < 4.78 is 39.4. The molecule has 0 spiro atoms. The van der Waals surface area contributed by atoms with Gasteiger partial charge in [-0.1, -0.05) is 60.2 Å². The Morgan fingerprint density at radius 2 is 1.93 bits per heavy atom. The number of nitrogens with zero attached hydrogens (tertiary/aromatic N) is 3. The van der Waals surface area contributed by atoms with E-state index in [0.29, 0.717) is 5.01 Å². The number of anilines is 2. The summed E-state index contributed by atoms with van der Waals surface area (Å²) in [6.45, 7) is 1.67. The van der Waals surface area contributed by atoms with Crippen LogP contribution in [0.2, 0.25) is 5.02 Å². The van der Waals surface area contributed by atoms with Crippen LogP contribution in [-0.4, -0.2) is 36.8 Å². The van der Waals surface area contributed by atoms with Gasteiger partial charge in [-0.25, -0.2) is 12.8 Å². The molecule has 0 bridgehead atoms. The molecule has 0 saturated carbocycles. The van der Waals surface area contributed by atoms with Crippen molar-refractivity contribution >= 4 is 49.7 Å². The van der Waals surface area contributed by atoms with Crippen molar-refractivity contribution in [2.24, 2.45) is 0 Å². The van der Waals surface area contributed by atoms with E-state index < -0.39 is 27.8 Å². The van der Waals surface area contributed by atoms with Gasteiger partial charge in [0.05, 0.1) is 17.0 Å². The molecular weight excluding hydrogens is 451 g/mol. The van der Waals surface area contributed by atoms with E-state index in [2.05, 4.69) is 15.5 Å². The maximum absolute atomic E-state index is 13.5. The van der Waals surface area contributed by atoms with Crippen molar-refractivity contribution in [2.45, 2.75) is 19.4 Å². The predicted molar refractivity (Wildman–Crippen MR) is 117 cm³/mol. The number of benzene rings is 2. The number of hydrogen-bond acceptors (Lipinski definition) is 6. The minimum atomic E-state index is -3.88. The van der Waals surface area contributed by atoms with Gasteiger partial charge in [-0.15, -0.1) is 10.2 Å². The second-order valence-corrected chi connectivity index (χ2v) is 9.59. The normalized spacial score (nSPS) is 12.4. The molecule has 0 aliphatic rings. The zero-order chi connectivity index (χ0) is 21.9. The van der Waals surface area contributed by atoms with Crippen molar-refractivity contribution in [2.75, 3.05) is 15.9 Å². The van der Waals surface area contributed by atoms with E-state index in [4.69, 9.17) is 11.6 Å². The van der Waals surface area contributed by atoms with Crippen LogP contribution in [0.3, 0.4) is 0 Å². The van der Waals surface area contributed by atoms with E-state index >= 15 is 0 Å². The van der Waals surface area contributed by atoms with Gasteiger partial charge in [0.1, 0.15) is 16.9 Å². The number of carbonyl (C=O) groups is 1. The van der Waals surface area contributed by atoms with Crippen molar-refractivity contribution in [3.05, 3.63) is 59.4 Å². The average molecular weight is 469 g/mol. The highest BCUT2D eigenvalue weighted by Gasteiger charge is 2.32. The number of nitrogens with one attached hydrogen (secondary N) is 1. The first-order valence-corrected chi connectivity index (χ1v) is 11.9. The van der Waals surface area contributed by atoms with Crippen LogP contribution in [0.15, 0.2) is 48.5 Å². The molecule has 158 valence electrons. The lowest BCUT2D eigenvalue weighted by Crippen LogP contribution is -2.47. The van der Waals surface area contributed by atoms with Crippen LogP contribution in [0.1, 0.15) is 13.3 Å². The Morgan fingerprint density at radius 1 is 1.23 bits per heavy atom. The quantitative estimate of drug-likeness (QED) is 0.561. The lowest BCUT2D eigenvalue weighted by atomic mass is 10.2. The molecule has 3 rings (SSSR count). The number of hydrogen-bond donors (Lipinski definition) is 1. The van der Waals surface area contributed by atoms with Crippen LogP contribution in [0.25, 0.3) is 10.6 Å². The molecule has 1 N–H and O–H groups in total. The Kier molecular flexibility index (Phi) is 6.69. The second kappa shape index (κ2) is 9.07. The molecule has 0 aliphatic carbocycles. The van der Waals surface area contributed by atoms with Gasteiger partial charge in [-0.2, -0.15) is 0 Å². The lowest BCUT2D eigenvalue weighted by Gasteiger charge is -2.29. The van der Waals surface area contributed by atoms with Crippen LogP contribution >= 0.6 is 22.9 Å². The summed E-state index contributed by atoms with van der Waals surface area (Å²) >= 11 is 6.98. The van der Waals surface area contributed by atoms with E-state index in [-0.39, 0.29) is 22.3 Å². The predicted octanol–water partition coefficient (Wildman–Crippen LogP) is 4.18. The van der Waals surface area contributed by atoms with Crippen LogP contribution < -0.4 is 9.62 Å². The Morgan fingerprint density at radius 3 is 2.53 bits per heavy atom. The third-order valence-corrected chi connectivity index (χ3v) is 6.52. The molecule has 0 fully saturated rings. The van der Waals surface area contributed by atoms with Crippen LogP contribution in [-0.2, 0) is 14.8 Å². The summed E-state index contributed by atoms with van der Waals surface area (Å²) in [5.74, 6) is -1.27. The standard InChI is InChI=1S/C19H18ClFN4O3S2/c1-3-16(25(30(2,27)28)13-9-10-15(21)14(20)11-13)17(26)22-19-24-23-18(29-19)12-7-5-4-6-8-12/h4-11,16H,3H2,1-2H3,(H,22,24,26)/t16-/m0/s1. The van der Waals surface area contributed by atoms with Gasteiger partial charge in [0.15, 0.2) is 0 Å². The maximum Gasteiger partial charge on any atom is 0.250 e. The number of rotatable bonds is 7. The number of amides is 1. The molecule has 1 heterocycles. The molecule has 11 heteroatoms. The van der Waals surface area contributed by atoms with Gasteiger partial charge >= 0.3 is 0 Å². The van der Waals surface area contributed by atoms with E-state index in [1.165, 1.54) is 23.5 Å². The highest BCUT2D eigenvalue weighted by Crippen LogP contribution is 2.29. The molecule has 1 atom stereocenters. The molecule has 0 radical (unpaired) electrons. The summed E-state index contributed by atoms with van der Waals surface area (Å²) in [5, 5.41) is 11.3. The van der Waals surface area contributed by atoms with Gasteiger partial charge in [0.25, 0.3) is 0 Å². The molecule has 7 nitrogen and oxygen atoms in total. The van der Waals surface area contributed by atoms with Gasteiger partial charge in [0.2, 0.25) is 21.1 Å².